The third-order valence-electron chi connectivity index (χ3n) is 2.12. The minimum Gasteiger partial charge on any atom is -0.299 e. The topological polar surface area (TPSA) is 17.1 Å². The summed E-state index contributed by atoms with van der Waals surface area (Å²) in [5.41, 5.74) is 2.36. The van der Waals surface area contributed by atoms with Crippen LogP contribution >= 0.6 is 0 Å². The van der Waals surface area contributed by atoms with Crippen LogP contribution in [-0.2, 0) is 4.79 Å². The molecule has 0 amide bonds. The monoisotopic (exact) mass is 158 g/mol. The van der Waals surface area contributed by atoms with Crippen LogP contribution in [0.1, 0.15) is 12.5 Å². The molecule has 0 aliphatic heterocycles. The maximum absolute atomic E-state index is 10.9. The number of benzene rings is 1. The van der Waals surface area contributed by atoms with Gasteiger partial charge in [0.1, 0.15) is 5.78 Å². The first-order valence-electron chi connectivity index (χ1n) is 4.06. The molecule has 0 spiro atoms. The number of hydrogen-bond donors (Lipinski definition) is 0. The highest BCUT2D eigenvalue weighted by atomic mass is 16.1. The average Bonchev–Trinajstić information content (AvgIpc) is 2.84. The van der Waals surface area contributed by atoms with E-state index >= 15 is 0 Å². The standard InChI is InChI=1S/C11H10O/c1-8(12)10-7-11(10)9-5-3-2-4-6-9/h2-7,10H,1H3. The first kappa shape index (κ1) is 7.29. The number of hydrogen-bond acceptors (Lipinski definition) is 1. The van der Waals surface area contributed by atoms with Crippen LogP contribution in [0.4, 0.5) is 0 Å². The van der Waals surface area contributed by atoms with Crippen LogP contribution in [0.3, 0.4) is 0 Å². The van der Waals surface area contributed by atoms with E-state index in [9.17, 15) is 4.79 Å². The molecule has 60 valence electrons. The first-order valence-corrected chi connectivity index (χ1v) is 4.06. The van der Waals surface area contributed by atoms with Gasteiger partial charge in [0.15, 0.2) is 0 Å². The van der Waals surface area contributed by atoms with Crippen LogP contribution in [0.5, 0.6) is 0 Å². The molecule has 0 fully saturated rings. The largest absolute Gasteiger partial charge is 0.299 e. The lowest BCUT2D eigenvalue weighted by Gasteiger charge is -1.95. The minimum atomic E-state index is 0.104. The van der Waals surface area contributed by atoms with E-state index in [1.54, 1.807) is 6.92 Å². The molecule has 0 heterocycles. The van der Waals surface area contributed by atoms with Gasteiger partial charge in [-0.1, -0.05) is 36.4 Å². The normalized spacial score (nSPS) is 20.1. The van der Waals surface area contributed by atoms with Gasteiger partial charge in [0, 0.05) is 0 Å². The Morgan fingerprint density at radius 3 is 2.42 bits per heavy atom. The van der Waals surface area contributed by atoms with Gasteiger partial charge < -0.3 is 0 Å². The fraction of sp³-hybridized carbons (Fsp3) is 0.182. The first-order chi connectivity index (χ1) is 5.79. The van der Waals surface area contributed by atoms with Crippen molar-refractivity contribution in [3.63, 3.8) is 0 Å². The van der Waals surface area contributed by atoms with Crippen molar-refractivity contribution < 1.29 is 4.79 Å². The number of allylic oxidation sites excluding steroid dienone is 2. The van der Waals surface area contributed by atoms with Gasteiger partial charge in [-0.2, -0.15) is 0 Å². The van der Waals surface area contributed by atoms with Crippen molar-refractivity contribution in [2.45, 2.75) is 6.92 Å². The molecule has 1 aliphatic carbocycles. The van der Waals surface area contributed by atoms with E-state index in [-0.39, 0.29) is 11.7 Å². The van der Waals surface area contributed by atoms with Crippen molar-refractivity contribution in [3.8, 4) is 0 Å². The predicted octanol–water partition coefficient (Wildman–Crippen LogP) is 2.29. The van der Waals surface area contributed by atoms with Gasteiger partial charge in [0.2, 0.25) is 0 Å². The second-order valence-electron chi connectivity index (χ2n) is 3.08. The third kappa shape index (κ3) is 1.18. The van der Waals surface area contributed by atoms with Crippen molar-refractivity contribution in [1.29, 1.82) is 0 Å². The maximum atomic E-state index is 10.9. The van der Waals surface area contributed by atoms with Gasteiger partial charge in [-0.15, -0.1) is 0 Å². The van der Waals surface area contributed by atoms with Crippen LogP contribution in [-0.4, -0.2) is 5.78 Å². The van der Waals surface area contributed by atoms with Crippen LogP contribution in [0.2, 0.25) is 0 Å². The zero-order valence-electron chi connectivity index (χ0n) is 6.95. The van der Waals surface area contributed by atoms with Gasteiger partial charge in [-0.05, 0) is 18.1 Å². The zero-order chi connectivity index (χ0) is 8.55. The Kier molecular flexibility index (Phi) is 1.58. The molecule has 1 aromatic rings. The molecule has 12 heavy (non-hydrogen) atoms. The van der Waals surface area contributed by atoms with Gasteiger partial charge in [-0.25, -0.2) is 0 Å². The van der Waals surface area contributed by atoms with Crippen LogP contribution in [0.25, 0.3) is 5.57 Å². The number of Topliss-reactive ketones (excluding diaryl/α,β-unsaturated/α-hetero) is 1. The fourth-order valence-electron chi connectivity index (χ4n) is 1.37. The summed E-state index contributed by atoms with van der Waals surface area (Å²) < 4.78 is 0. The van der Waals surface area contributed by atoms with E-state index in [0.29, 0.717) is 0 Å². The number of ketones is 1. The Hall–Kier alpha value is -1.37. The van der Waals surface area contributed by atoms with E-state index in [1.807, 2.05) is 36.4 Å². The van der Waals surface area contributed by atoms with E-state index < -0.39 is 0 Å². The summed E-state index contributed by atoms with van der Waals surface area (Å²) in [5, 5.41) is 0. The lowest BCUT2D eigenvalue weighted by atomic mass is 10.1. The minimum absolute atomic E-state index is 0.104. The maximum Gasteiger partial charge on any atom is 0.141 e. The molecular formula is C11H10O. The van der Waals surface area contributed by atoms with E-state index in [4.69, 9.17) is 0 Å². The number of carbonyl (C=O) groups excluding carboxylic acids is 1. The summed E-state index contributed by atoms with van der Waals surface area (Å²) in [6, 6.07) is 10.0. The third-order valence-corrected chi connectivity index (χ3v) is 2.12. The number of rotatable bonds is 2. The Balaban J connectivity index is 2.16. The second kappa shape index (κ2) is 2.59. The summed E-state index contributed by atoms with van der Waals surface area (Å²) in [6.07, 6.45) is 2.01. The zero-order valence-corrected chi connectivity index (χ0v) is 6.95. The molecule has 0 N–H and O–H groups in total. The molecule has 0 bridgehead atoms. The average molecular weight is 158 g/mol. The molecule has 2 rings (SSSR count). The highest BCUT2D eigenvalue weighted by Crippen LogP contribution is 2.38. The molecule has 1 aliphatic rings. The predicted molar refractivity (Wildman–Crippen MR) is 48.6 cm³/mol. The molecule has 0 saturated carbocycles. The molecule has 1 nitrogen and oxygen atoms in total. The van der Waals surface area contributed by atoms with Crippen LogP contribution in [0, 0.1) is 5.92 Å². The molecule has 1 atom stereocenters. The summed E-state index contributed by atoms with van der Waals surface area (Å²) in [5.74, 6) is 0.348. The fourth-order valence-corrected chi connectivity index (χ4v) is 1.37. The van der Waals surface area contributed by atoms with Crippen molar-refractivity contribution in [3.05, 3.63) is 42.0 Å². The molecular weight excluding hydrogens is 148 g/mol. The van der Waals surface area contributed by atoms with Gasteiger partial charge >= 0.3 is 0 Å². The Labute approximate surface area is 71.7 Å². The summed E-state index contributed by atoms with van der Waals surface area (Å²) in [7, 11) is 0. The van der Waals surface area contributed by atoms with Crippen molar-refractivity contribution in [2.75, 3.05) is 0 Å². The van der Waals surface area contributed by atoms with Crippen LogP contribution < -0.4 is 0 Å². The van der Waals surface area contributed by atoms with Crippen molar-refractivity contribution >= 4 is 11.4 Å². The Morgan fingerprint density at radius 2 is 1.92 bits per heavy atom. The second-order valence-corrected chi connectivity index (χ2v) is 3.08. The van der Waals surface area contributed by atoms with E-state index in [0.717, 1.165) is 0 Å². The Bertz CT molecular complexity index is 335. The van der Waals surface area contributed by atoms with Crippen molar-refractivity contribution in [1.82, 2.24) is 0 Å². The van der Waals surface area contributed by atoms with Gasteiger partial charge in [0.25, 0.3) is 0 Å². The highest BCUT2D eigenvalue weighted by molar-refractivity contribution is 6.02. The molecule has 1 aromatic carbocycles. The summed E-state index contributed by atoms with van der Waals surface area (Å²) >= 11 is 0. The van der Waals surface area contributed by atoms with Crippen LogP contribution in [0.15, 0.2) is 36.4 Å². The van der Waals surface area contributed by atoms with Crippen molar-refractivity contribution in [2.24, 2.45) is 5.92 Å². The molecule has 0 aromatic heterocycles. The molecule has 0 saturated heterocycles. The molecule has 1 heteroatoms. The molecule has 0 radical (unpaired) electrons. The lowest BCUT2D eigenvalue weighted by Crippen LogP contribution is -1.94. The molecule has 1 unspecified atom stereocenters. The highest BCUT2D eigenvalue weighted by Gasteiger charge is 2.29. The smallest absolute Gasteiger partial charge is 0.141 e. The van der Waals surface area contributed by atoms with E-state index in [1.165, 1.54) is 11.1 Å². The lowest BCUT2D eigenvalue weighted by molar-refractivity contribution is -0.117. The quantitative estimate of drug-likeness (QED) is 0.645. The van der Waals surface area contributed by atoms with E-state index in [2.05, 4.69) is 0 Å². The SMILES string of the molecule is CC(=O)C1C=C1c1ccccc1. The Morgan fingerprint density at radius 1 is 1.25 bits per heavy atom. The summed E-state index contributed by atoms with van der Waals surface area (Å²) in [4.78, 5) is 10.9. The summed E-state index contributed by atoms with van der Waals surface area (Å²) in [6.45, 7) is 1.64. The van der Waals surface area contributed by atoms with Gasteiger partial charge in [-0.3, -0.25) is 4.79 Å². The number of carbonyl (C=O) groups is 1. The van der Waals surface area contributed by atoms with Gasteiger partial charge in [0.05, 0.1) is 5.92 Å².